The third-order valence-corrected chi connectivity index (χ3v) is 4.34. The summed E-state index contributed by atoms with van der Waals surface area (Å²) < 4.78 is 15.8. The predicted octanol–water partition coefficient (Wildman–Crippen LogP) is 3.44. The van der Waals surface area contributed by atoms with Crippen molar-refractivity contribution in [3.63, 3.8) is 0 Å². The van der Waals surface area contributed by atoms with Crippen LogP contribution in [0.3, 0.4) is 0 Å². The Morgan fingerprint density at radius 2 is 1.80 bits per heavy atom. The number of ketones is 2. The van der Waals surface area contributed by atoms with Crippen molar-refractivity contribution in [3.05, 3.63) is 53.6 Å². The molecule has 0 radical (unpaired) electrons. The van der Waals surface area contributed by atoms with Gasteiger partial charge in [0.1, 0.15) is 11.5 Å². The quantitative estimate of drug-likeness (QED) is 0.723. The average Bonchev–Trinajstić information content (AvgIpc) is 3.08. The summed E-state index contributed by atoms with van der Waals surface area (Å²) in [6, 6.07) is 12.5. The third kappa shape index (κ3) is 3.99. The molecule has 0 aliphatic carbocycles. The number of ether oxygens (including phenoxy) is 3. The Kier molecular flexibility index (Phi) is 5.03. The van der Waals surface area contributed by atoms with Crippen LogP contribution in [0.5, 0.6) is 17.2 Å². The van der Waals surface area contributed by atoms with Crippen molar-refractivity contribution in [1.29, 1.82) is 0 Å². The van der Waals surface area contributed by atoms with E-state index in [0.29, 0.717) is 29.2 Å². The molecule has 25 heavy (non-hydrogen) atoms. The van der Waals surface area contributed by atoms with Crippen molar-refractivity contribution in [2.24, 2.45) is 5.92 Å². The van der Waals surface area contributed by atoms with Gasteiger partial charge >= 0.3 is 0 Å². The van der Waals surface area contributed by atoms with E-state index in [-0.39, 0.29) is 30.7 Å². The molecular weight excluding hydrogens is 320 g/mol. The van der Waals surface area contributed by atoms with E-state index in [0.717, 1.165) is 5.56 Å². The maximum absolute atomic E-state index is 12.5. The molecule has 1 aliphatic heterocycles. The van der Waals surface area contributed by atoms with Gasteiger partial charge in [-0.3, -0.25) is 9.59 Å². The first-order chi connectivity index (χ1) is 12.1. The normalized spacial score (nSPS) is 13.4. The van der Waals surface area contributed by atoms with Gasteiger partial charge in [-0.1, -0.05) is 6.07 Å². The smallest absolute Gasteiger partial charge is 0.231 e. The summed E-state index contributed by atoms with van der Waals surface area (Å²) in [4.78, 5) is 24.5. The zero-order chi connectivity index (χ0) is 17.8. The average molecular weight is 340 g/mol. The van der Waals surface area contributed by atoms with E-state index in [4.69, 9.17) is 14.2 Å². The van der Waals surface area contributed by atoms with Crippen LogP contribution in [0.2, 0.25) is 0 Å². The van der Waals surface area contributed by atoms with E-state index in [1.807, 2.05) is 18.2 Å². The molecule has 0 fully saturated rings. The van der Waals surface area contributed by atoms with Gasteiger partial charge < -0.3 is 14.2 Å². The minimum atomic E-state index is -0.366. The van der Waals surface area contributed by atoms with Crippen molar-refractivity contribution in [1.82, 2.24) is 0 Å². The van der Waals surface area contributed by atoms with E-state index in [1.165, 1.54) is 6.92 Å². The Balaban J connectivity index is 1.70. The minimum absolute atomic E-state index is 0.000437. The molecule has 0 N–H and O–H groups in total. The first kappa shape index (κ1) is 17.0. The molecule has 1 aliphatic rings. The van der Waals surface area contributed by atoms with Crippen LogP contribution in [0.15, 0.2) is 42.5 Å². The van der Waals surface area contributed by atoms with Gasteiger partial charge in [-0.05, 0) is 55.3 Å². The molecule has 5 nitrogen and oxygen atoms in total. The molecule has 1 atom stereocenters. The lowest BCUT2D eigenvalue weighted by atomic mass is 9.89. The van der Waals surface area contributed by atoms with Gasteiger partial charge in [-0.25, -0.2) is 0 Å². The van der Waals surface area contributed by atoms with Crippen LogP contribution in [-0.4, -0.2) is 25.5 Å². The van der Waals surface area contributed by atoms with Crippen molar-refractivity contribution >= 4 is 11.6 Å². The molecule has 0 bridgehead atoms. The Morgan fingerprint density at radius 1 is 1.08 bits per heavy atom. The van der Waals surface area contributed by atoms with E-state index in [9.17, 15) is 9.59 Å². The highest BCUT2D eigenvalue weighted by Crippen LogP contribution is 2.33. The Bertz CT molecular complexity index is 779. The second-order valence-corrected chi connectivity index (χ2v) is 6.06. The highest BCUT2D eigenvalue weighted by molar-refractivity contribution is 5.98. The Labute approximate surface area is 146 Å². The Hall–Kier alpha value is -2.82. The number of carbonyl (C=O) groups excluding carboxylic acids is 2. The summed E-state index contributed by atoms with van der Waals surface area (Å²) in [5.41, 5.74) is 1.53. The zero-order valence-corrected chi connectivity index (χ0v) is 14.3. The van der Waals surface area contributed by atoms with Gasteiger partial charge in [0, 0.05) is 17.9 Å². The number of fused-ring (bicyclic) bond motifs is 1. The van der Waals surface area contributed by atoms with Crippen molar-refractivity contribution in [2.45, 2.75) is 19.8 Å². The monoisotopic (exact) mass is 340 g/mol. The first-order valence-corrected chi connectivity index (χ1v) is 8.13. The lowest BCUT2D eigenvalue weighted by Crippen LogP contribution is -2.18. The number of benzene rings is 2. The van der Waals surface area contributed by atoms with Crippen LogP contribution < -0.4 is 14.2 Å². The van der Waals surface area contributed by atoms with Crippen LogP contribution in [0.1, 0.15) is 29.3 Å². The van der Waals surface area contributed by atoms with Gasteiger partial charge in [0.2, 0.25) is 6.79 Å². The van der Waals surface area contributed by atoms with Gasteiger partial charge in [0.05, 0.1) is 7.11 Å². The highest BCUT2D eigenvalue weighted by atomic mass is 16.7. The summed E-state index contributed by atoms with van der Waals surface area (Å²) >= 11 is 0. The second kappa shape index (κ2) is 7.38. The summed E-state index contributed by atoms with van der Waals surface area (Å²) in [6.07, 6.45) is 0.671. The van der Waals surface area contributed by atoms with Crippen LogP contribution >= 0.6 is 0 Å². The van der Waals surface area contributed by atoms with E-state index in [1.54, 1.807) is 31.4 Å². The van der Waals surface area contributed by atoms with Crippen LogP contribution in [-0.2, 0) is 11.2 Å². The SMILES string of the molecule is COc1ccc(C(=O)CC(Cc2ccc3c(c2)OCO3)C(C)=O)cc1. The van der Waals surface area contributed by atoms with Gasteiger partial charge in [-0.2, -0.15) is 0 Å². The number of hydrogen-bond acceptors (Lipinski definition) is 5. The molecule has 0 saturated heterocycles. The lowest BCUT2D eigenvalue weighted by Gasteiger charge is -2.14. The minimum Gasteiger partial charge on any atom is -0.497 e. The largest absolute Gasteiger partial charge is 0.497 e. The topological polar surface area (TPSA) is 61.8 Å². The predicted molar refractivity (Wildman–Crippen MR) is 92.4 cm³/mol. The maximum atomic E-state index is 12.5. The van der Waals surface area contributed by atoms with Crippen molar-refractivity contribution in [2.75, 3.05) is 13.9 Å². The standard InChI is InChI=1S/C20H20O5/c1-13(21)16(9-14-3-8-19-20(10-14)25-12-24-19)11-18(22)15-4-6-17(23-2)7-5-15/h3-8,10,16H,9,11-12H2,1-2H3. The molecule has 0 amide bonds. The number of methoxy groups -OCH3 is 1. The summed E-state index contributed by atoms with van der Waals surface area (Å²) in [5.74, 6) is 1.66. The fraction of sp³-hybridized carbons (Fsp3) is 0.300. The molecule has 0 spiro atoms. The molecule has 2 aromatic rings. The molecule has 2 aromatic carbocycles. The van der Waals surface area contributed by atoms with Crippen molar-refractivity contribution in [3.8, 4) is 17.2 Å². The van der Waals surface area contributed by atoms with Gasteiger partial charge in [0.25, 0.3) is 0 Å². The summed E-state index contributed by atoms with van der Waals surface area (Å²) in [7, 11) is 1.58. The second-order valence-electron chi connectivity index (χ2n) is 6.06. The number of rotatable bonds is 7. The molecule has 0 saturated carbocycles. The number of carbonyl (C=O) groups is 2. The molecule has 0 aromatic heterocycles. The third-order valence-electron chi connectivity index (χ3n) is 4.34. The van der Waals surface area contributed by atoms with Crippen LogP contribution in [0.4, 0.5) is 0 Å². The molecule has 1 unspecified atom stereocenters. The van der Waals surface area contributed by atoms with E-state index in [2.05, 4.69) is 0 Å². The molecule has 1 heterocycles. The first-order valence-electron chi connectivity index (χ1n) is 8.13. The highest BCUT2D eigenvalue weighted by Gasteiger charge is 2.21. The summed E-state index contributed by atoms with van der Waals surface area (Å²) in [6.45, 7) is 1.74. The number of Topliss-reactive ketones (excluding diaryl/α,β-unsaturated/α-hetero) is 2. The fourth-order valence-corrected chi connectivity index (χ4v) is 2.83. The van der Waals surface area contributed by atoms with Gasteiger partial charge in [-0.15, -0.1) is 0 Å². The lowest BCUT2D eigenvalue weighted by molar-refractivity contribution is -0.120. The van der Waals surface area contributed by atoms with Crippen LogP contribution in [0.25, 0.3) is 0 Å². The Morgan fingerprint density at radius 3 is 2.48 bits per heavy atom. The van der Waals surface area contributed by atoms with E-state index < -0.39 is 0 Å². The maximum Gasteiger partial charge on any atom is 0.231 e. The molecular formula is C20H20O5. The van der Waals surface area contributed by atoms with Crippen molar-refractivity contribution < 1.29 is 23.8 Å². The number of hydrogen-bond donors (Lipinski definition) is 0. The molecule has 3 rings (SSSR count). The molecule has 5 heteroatoms. The van der Waals surface area contributed by atoms with Gasteiger partial charge in [0.15, 0.2) is 17.3 Å². The fourth-order valence-electron chi connectivity index (χ4n) is 2.83. The zero-order valence-electron chi connectivity index (χ0n) is 14.3. The molecule has 130 valence electrons. The summed E-state index contributed by atoms with van der Waals surface area (Å²) in [5, 5.41) is 0. The van der Waals surface area contributed by atoms with E-state index >= 15 is 0 Å². The van der Waals surface area contributed by atoms with Crippen LogP contribution in [0, 0.1) is 5.92 Å².